The standard InChI is InChI=1S/C9H22N2/c1-5-9(2,8-11-4)6-7-10-3/h10-11H,5-8H2,1-4H3. The van der Waals surface area contributed by atoms with E-state index in [0.29, 0.717) is 5.41 Å². The van der Waals surface area contributed by atoms with E-state index in [0.717, 1.165) is 13.1 Å². The molecule has 2 N–H and O–H groups in total. The van der Waals surface area contributed by atoms with Crippen LogP contribution < -0.4 is 10.6 Å². The first-order valence-corrected chi connectivity index (χ1v) is 4.47. The summed E-state index contributed by atoms with van der Waals surface area (Å²) in [7, 11) is 4.03. The molecule has 0 amide bonds. The topological polar surface area (TPSA) is 24.1 Å². The smallest absolute Gasteiger partial charge is 0.000253 e. The molecule has 0 saturated heterocycles. The Kier molecular flexibility index (Phi) is 5.51. The van der Waals surface area contributed by atoms with E-state index < -0.39 is 0 Å². The Morgan fingerprint density at radius 2 is 1.82 bits per heavy atom. The van der Waals surface area contributed by atoms with E-state index in [4.69, 9.17) is 0 Å². The zero-order valence-electron chi connectivity index (χ0n) is 8.33. The Morgan fingerprint density at radius 3 is 2.18 bits per heavy atom. The van der Waals surface area contributed by atoms with Gasteiger partial charge in [-0.05, 0) is 38.9 Å². The zero-order valence-corrected chi connectivity index (χ0v) is 8.33. The molecule has 1 unspecified atom stereocenters. The molecule has 0 radical (unpaired) electrons. The molecular weight excluding hydrogens is 136 g/mol. The molecule has 11 heavy (non-hydrogen) atoms. The van der Waals surface area contributed by atoms with E-state index in [1.165, 1.54) is 12.8 Å². The predicted molar refractivity (Wildman–Crippen MR) is 50.9 cm³/mol. The predicted octanol–water partition coefficient (Wildman–Crippen LogP) is 1.23. The molecule has 0 aromatic rings. The molecule has 0 aliphatic heterocycles. The van der Waals surface area contributed by atoms with Crippen molar-refractivity contribution in [2.24, 2.45) is 5.41 Å². The number of nitrogens with one attached hydrogen (secondary N) is 2. The van der Waals surface area contributed by atoms with Crippen LogP contribution >= 0.6 is 0 Å². The molecule has 0 aromatic heterocycles. The lowest BCUT2D eigenvalue weighted by atomic mass is 9.84. The summed E-state index contributed by atoms with van der Waals surface area (Å²) < 4.78 is 0. The van der Waals surface area contributed by atoms with Crippen molar-refractivity contribution >= 4 is 0 Å². The van der Waals surface area contributed by atoms with Gasteiger partial charge in [-0.1, -0.05) is 13.8 Å². The molecule has 0 aliphatic rings. The summed E-state index contributed by atoms with van der Waals surface area (Å²) in [4.78, 5) is 0. The van der Waals surface area contributed by atoms with Crippen LogP contribution in [-0.2, 0) is 0 Å². The largest absolute Gasteiger partial charge is 0.320 e. The summed E-state index contributed by atoms with van der Waals surface area (Å²) in [5.74, 6) is 0. The molecule has 0 rings (SSSR count). The highest BCUT2D eigenvalue weighted by Crippen LogP contribution is 2.23. The van der Waals surface area contributed by atoms with Crippen molar-refractivity contribution < 1.29 is 0 Å². The summed E-state index contributed by atoms with van der Waals surface area (Å²) in [6.45, 7) is 6.82. The van der Waals surface area contributed by atoms with E-state index in [2.05, 4.69) is 24.5 Å². The maximum atomic E-state index is 3.24. The van der Waals surface area contributed by atoms with Gasteiger partial charge in [0.05, 0.1) is 0 Å². The molecule has 0 fully saturated rings. The summed E-state index contributed by atoms with van der Waals surface area (Å²) in [5, 5.41) is 6.43. The fraction of sp³-hybridized carbons (Fsp3) is 1.00. The lowest BCUT2D eigenvalue weighted by Crippen LogP contribution is -2.31. The first kappa shape index (κ1) is 10.9. The van der Waals surface area contributed by atoms with Crippen molar-refractivity contribution in [3.8, 4) is 0 Å². The third-order valence-electron chi connectivity index (χ3n) is 2.44. The summed E-state index contributed by atoms with van der Waals surface area (Å²) >= 11 is 0. The van der Waals surface area contributed by atoms with Gasteiger partial charge >= 0.3 is 0 Å². The number of rotatable bonds is 6. The van der Waals surface area contributed by atoms with Gasteiger partial charge in [-0.25, -0.2) is 0 Å². The van der Waals surface area contributed by atoms with Crippen LogP contribution in [0.5, 0.6) is 0 Å². The highest BCUT2D eigenvalue weighted by Gasteiger charge is 2.19. The maximum Gasteiger partial charge on any atom is 0.000253 e. The van der Waals surface area contributed by atoms with Gasteiger partial charge in [0.2, 0.25) is 0 Å². The normalized spacial score (nSPS) is 16.4. The Bertz CT molecular complexity index is 93.6. The van der Waals surface area contributed by atoms with Gasteiger partial charge in [0.25, 0.3) is 0 Å². The van der Waals surface area contributed by atoms with Crippen LogP contribution in [0.25, 0.3) is 0 Å². The van der Waals surface area contributed by atoms with Crippen molar-refractivity contribution in [1.29, 1.82) is 0 Å². The Hall–Kier alpha value is -0.0800. The van der Waals surface area contributed by atoms with Crippen molar-refractivity contribution in [3.63, 3.8) is 0 Å². The molecule has 0 spiro atoms. The third-order valence-corrected chi connectivity index (χ3v) is 2.44. The van der Waals surface area contributed by atoms with Gasteiger partial charge in [-0.2, -0.15) is 0 Å². The average Bonchev–Trinajstić information content (AvgIpc) is 2.02. The molecule has 2 nitrogen and oxygen atoms in total. The van der Waals surface area contributed by atoms with E-state index in [9.17, 15) is 0 Å². The minimum atomic E-state index is 0.470. The minimum absolute atomic E-state index is 0.470. The second-order valence-electron chi connectivity index (χ2n) is 3.55. The van der Waals surface area contributed by atoms with Gasteiger partial charge in [0, 0.05) is 6.54 Å². The van der Waals surface area contributed by atoms with Crippen LogP contribution in [0.2, 0.25) is 0 Å². The van der Waals surface area contributed by atoms with E-state index in [1.54, 1.807) is 0 Å². The monoisotopic (exact) mass is 158 g/mol. The fourth-order valence-corrected chi connectivity index (χ4v) is 1.24. The summed E-state index contributed by atoms with van der Waals surface area (Å²) in [6, 6.07) is 0. The summed E-state index contributed by atoms with van der Waals surface area (Å²) in [6.07, 6.45) is 2.50. The van der Waals surface area contributed by atoms with E-state index in [-0.39, 0.29) is 0 Å². The van der Waals surface area contributed by atoms with Gasteiger partial charge in [0.15, 0.2) is 0 Å². The third kappa shape index (κ3) is 4.38. The SMILES string of the molecule is CCC(C)(CCNC)CNC. The Balaban J connectivity index is 3.68. The molecular formula is C9H22N2. The minimum Gasteiger partial charge on any atom is -0.320 e. The van der Waals surface area contributed by atoms with Crippen molar-refractivity contribution in [3.05, 3.63) is 0 Å². The van der Waals surface area contributed by atoms with Crippen LogP contribution in [0, 0.1) is 5.41 Å². The quantitative estimate of drug-likeness (QED) is 0.607. The second kappa shape index (κ2) is 5.56. The van der Waals surface area contributed by atoms with Gasteiger partial charge in [-0.15, -0.1) is 0 Å². The molecule has 0 aromatic carbocycles. The lowest BCUT2D eigenvalue weighted by molar-refractivity contribution is 0.275. The first-order chi connectivity index (χ1) is 5.18. The summed E-state index contributed by atoms with van der Waals surface area (Å²) in [5.41, 5.74) is 0.470. The first-order valence-electron chi connectivity index (χ1n) is 4.47. The molecule has 0 aliphatic carbocycles. The van der Waals surface area contributed by atoms with Crippen LogP contribution in [0.3, 0.4) is 0 Å². The van der Waals surface area contributed by atoms with Crippen molar-refractivity contribution in [1.82, 2.24) is 10.6 Å². The highest BCUT2D eigenvalue weighted by molar-refractivity contribution is 4.75. The van der Waals surface area contributed by atoms with Gasteiger partial charge < -0.3 is 10.6 Å². The molecule has 0 saturated carbocycles. The van der Waals surface area contributed by atoms with Gasteiger partial charge in [0.1, 0.15) is 0 Å². The molecule has 68 valence electrons. The number of hydrogen-bond acceptors (Lipinski definition) is 2. The van der Waals surface area contributed by atoms with Crippen molar-refractivity contribution in [2.75, 3.05) is 27.2 Å². The van der Waals surface area contributed by atoms with Gasteiger partial charge in [-0.3, -0.25) is 0 Å². The Morgan fingerprint density at radius 1 is 1.18 bits per heavy atom. The van der Waals surface area contributed by atoms with E-state index >= 15 is 0 Å². The molecule has 0 bridgehead atoms. The van der Waals surface area contributed by atoms with Crippen molar-refractivity contribution in [2.45, 2.75) is 26.7 Å². The van der Waals surface area contributed by atoms with E-state index in [1.807, 2.05) is 14.1 Å². The molecule has 2 heteroatoms. The number of hydrogen-bond donors (Lipinski definition) is 2. The maximum absolute atomic E-state index is 3.24. The van der Waals surface area contributed by atoms with Crippen LogP contribution in [0.1, 0.15) is 26.7 Å². The molecule has 0 heterocycles. The fourth-order valence-electron chi connectivity index (χ4n) is 1.24. The second-order valence-corrected chi connectivity index (χ2v) is 3.55. The van der Waals surface area contributed by atoms with Crippen LogP contribution in [0.15, 0.2) is 0 Å². The molecule has 1 atom stereocenters. The Labute approximate surface area is 70.8 Å². The zero-order chi connectivity index (χ0) is 8.74. The average molecular weight is 158 g/mol. The lowest BCUT2D eigenvalue weighted by Gasteiger charge is -2.27. The van der Waals surface area contributed by atoms with Crippen LogP contribution in [-0.4, -0.2) is 27.2 Å². The van der Waals surface area contributed by atoms with Crippen LogP contribution in [0.4, 0.5) is 0 Å². The highest BCUT2D eigenvalue weighted by atomic mass is 14.8.